The lowest BCUT2D eigenvalue weighted by atomic mass is 9.68. The zero-order valence-corrected chi connectivity index (χ0v) is 12.8. The van der Waals surface area contributed by atoms with E-state index in [9.17, 15) is 4.79 Å². The van der Waals surface area contributed by atoms with Gasteiger partial charge in [0.25, 0.3) is 0 Å². The van der Waals surface area contributed by atoms with Crippen LogP contribution in [0.5, 0.6) is 0 Å². The summed E-state index contributed by atoms with van der Waals surface area (Å²) in [5, 5.41) is 3.15. The zero-order valence-electron chi connectivity index (χ0n) is 12.8. The van der Waals surface area contributed by atoms with Crippen molar-refractivity contribution in [1.29, 1.82) is 0 Å². The summed E-state index contributed by atoms with van der Waals surface area (Å²) < 4.78 is 5.90. The van der Waals surface area contributed by atoms with Gasteiger partial charge < -0.3 is 9.73 Å². The highest BCUT2D eigenvalue weighted by atomic mass is 16.3. The van der Waals surface area contributed by atoms with Crippen molar-refractivity contribution >= 4 is 5.91 Å². The van der Waals surface area contributed by atoms with E-state index in [4.69, 9.17) is 4.42 Å². The van der Waals surface area contributed by atoms with E-state index in [0.29, 0.717) is 12.0 Å². The molecule has 1 spiro atoms. The van der Waals surface area contributed by atoms with Gasteiger partial charge in [-0.25, -0.2) is 0 Å². The maximum atomic E-state index is 13.0. The summed E-state index contributed by atoms with van der Waals surface area (Å²) in [5.74, 6) is 1.65. The minimum atomic E-state index is -0.299. The summed E-state index contributed by atoms with van der Waals surface area (Å²) >= 11 is 0. The Morgan fingerprint density at radius 2 is 2.32 bits per heavy atom. The molecule has 1 aromatic rings. The fraction of sp³-hybridized carbons (Fsp3) is 0.611. The van der Waals surface area contributed by atoms with Crippen LogP contribution in [0.4, 0.5) is 0 Å². The highest BCUT2D eigenvalue weighted by Gasteiger charge is 2.67. The molecule has 0 bridgehead atoms. The fourth-order valence-electron chi connectivity index (χ4n) is 5.46. The van der Waals surface area contributed by atoms with E-state index in [-0.39, 0.29) is 17.4 Å². The van der Waals surface area contributed by atoms with E-state index in [1.807, 2.05) is 6.26 Å². The number of fused-ring (bicyclic) bond motifs is 5. The van der Waals surface area contributed by atoms with Crippen LogP contribution in [-0.2, 0) is 4.79 Å². The molecule has 5 rings (SSSR count). The molecule has 2 saturated heterocycles. The monoisotopic (exact) mass is 298 g/mol. The van der Waals surface area contributed by atoms with Crippen LogP contribution < -0.4 is 5.32 Å². The lowest BCUT2D eigenvalue weighted by Crippen LogP contribution is -2.50. The van der Waals surface area contributed by atoms with E-state index in [0.717, 1.165) is 31.7 Å². The number of carbonyl (C=O) groups excluding carboxylic acids is 1. The first-order valence-electron chi connectivity index (χ1n) is 8.60. The number of amides is 1. The van der Waals surface area contributed by atoms with Gasteiger partial charge in [0.15, 0.2) is 0 Å². The number of nitrogens with zero attached hydrogens (tertiary/aromatic N) is 1. The molecule has 2 fully saturated rings. The number of hydrogen-bond donors (Lipinski definition) is 1. The van der Waals surface area contributed by atoms with Crippen molar-refractivity contribution in [2.45, 2.75) is 50.1 Å². The van der Waals surface area contributed by atoms with E-state index >= 15 is 0 Å². The van der Waals surface area contributed by atoms with Crippen molar-refractivity contribution in [1.82, 2.24) is 10.2 Å². The third-order valence-corrected chi connectivity index (χ3v) is 6.30. The molecule has 22 heavy (non-hydrogen) atoms. The summed E-state index contributed by atoms with van der Waals surface area (Å²) in [5.41, 5.74) is 0.997. The van der Waals surface area contributed by atoms with Crippen LogP contribution in [0.2, 0.25) is 0 Å². The van der Waals surface area contributed by atoms with Crippen molar-refractivity contribution < 1.29 is 9.21 Å². The molecule has 4 heterocycles. The number of hydrogen-bond acceptors (Lipinski definition) is 3. The molecular weight excluding hydrogens is 276 g/mol. The van der Waals surface area contributed by atoms with E-state index in [1.165, 1.54) is 24.8 Å². The second kappa shape index (κ2) is 4.48. The van der Waals surface area contributed by atoms with Crippen LogP contribution in [0.1, 0.15) is 55.4 Å². The van der Waals surface area contributed by atoms with Crippen molar-refractivity contribution in [3.8, 4) is 0 Å². The fourth-order valence-corrected chi connectivity index (χ4v) is 5.46. The van der Waals surface area contributed by atoms with Gasteiger partial charge in [0.1, 0.15) is 5.76 Å². The molecule has 1 aromatic heterocycles. The van der Waals surface area contributed by atoms with Crippen molar-refractivity contribution in [3.63, 3.8) is 0 Å². The lowest BCUT2D eigenvalue weighted by molar-refractivity contribution is -0.136. The SMILES string of the molecule is O=C1NCC[C@H]2c3ccoc3[C@@H]3N4CCCC/C=C\[C@H]4C[C@@]132. The van der Waals surface area contributed by atoms with Gasteiger partial charge in [-0.2, -0.15) is 0 Å². The van der Waals surface area contributed by atoms with Crippen LogP contribution in [0.3, 0.4) is 0 Å². The quantitative estimate of drug-likeness (QED) is 0.749. The van der Waals surface area contributed by atoms with E-state index < -0.39 is 0 Å². The van der Waals surface area contributed by atoms with Crippen LogP contribution in [-0.4, -0.2) is 29.9 Å². The summed E-state index contributed by atoms with van der Waals surface area (Å²) in [6, 6.07) is 2.62. The predicted molar refractivity (Wildman–Crippen MR) is 82.4 cm³/mol. The van der Waals surface area contributed by atoms with Gasteiger partial charge in [0.05, 0.1) is 17.7 Å². The van der Waals surface area contributed by atoms with Crippen LogP contribution in [0.25, 0.3) is 0 Å². The summed E-state index contributed by atoms with van der Waals surface area (Å²) in [6.07, 6.45) is 12.1. The summed E-state index contributed by atoms with van der Waals surface area (Å²) in [7, 11) is 0. The molecular formula is C18H22N2O2. The topological polar surface area (TPSA) is 45.5 Å². The molecule has 3 aliphatic heterocycles. The lowest BCUT2D eigenvalue weighted by Gasteiger charge is -2.39. The second-order valence-corrected chi connectivity index (χ2v) is 7.21. The molecule has 0 aromatic carbocycles. The van der Waals surface area contributed by atoms with E-state index in [2.05, 4.69) is 28.4 Å². The Morgan fingerprint density at radius 3 is 3.27 bits per heavy atom. The van der Waals surface area contributed by atoms with Gasteiger partial charge in [-0.3, -0.25) is 9.69 Å². The normalized spacial score (nSPS) is 41.6. The van der Waals surface area contributed by atoms with Crippen molar-refractivity contribution in [2.24, 2.45) is 5.41 Å². The molecule has 0 unspecified atom stereocenters. The van der Waals surface area contributed by atoms with Gasteiger partial charge in [0.2, 0.25) is 5.91 Å². The second-order valence-electron chi connectivity index (χ2n) is 7.21. The van der Waals surface area contributed by atoms with Crippen molar-refractivity contribution in [3.05, 3.63) is 35.8 Å². The van der Waals surface area contributed by atoms with Crippen molar-refractivity contribution in [2.75, 3.05) is 13.1 Å². The maximum Gasteiger partial charge on any atom is 0.228 e. The average Bonchev–Trinajstić information content (AvgIpc) is 3.11. The largest absolute Gasteiger partial charge is 0.467 e. The Bertz CT molecular complexity index is 649. The first-order chi connectivity index (χ1) is 10.8. The van der Waals surface area contributed by atoms with Gasteiger partial charge >= 0.3 is 0 Å². The first-order valence-corrected chi connectivity index (χ1v) is 8.60. The van der Waals surface area contributed by atoms with E-state index in [1.54, 1.807) is 0 Å². The van der Waals surface area contributed by atoms with Crippen LogP contribution >= 0.6 is 0 Å². The standard InChI is InChI=1S/C18H22N2O2/c21-17-18-11-12-5-3-1-2-4-9-20(12)16(18)15-13(7-10-22-15)14(18)6-8-19-17/h3,5,7,10,12,14,16H,1-2,4,6,8-9,11H2,(H,19,21)/b5-3-/t12-,14-,16-,18-/m0/s1. The van der Waals surface area contributed by atoms with Crippen LogP contribution in [0.15, 0.2) is 28.9 Å². The third kappa shape index (κ3) is 1.44. The molecule has 4 heteroatoms. The molecule has 1 amide bonds. The molecule has 0 saturated carbocycles. The average molecular weight is 298 g/mol. The molecule has 116 valence electrons. The smallest absolute Gasteiger partial charge is 0.228 e. The number of rotatable bonds is 0. The number of nitrogens with one attached hydrogen (secondary N) is 1. The number of piperidine rings is 1. The predicted octanol–water partition coefficient (Wildman–Crippen LogP) is 2.74. The minimum Gasteiger partial charge on any atom is -0.467 e. The molecule has 1 N–H and O–H groups in total. The third-order valence-electron chi connectivity index (χ3n) is 6.30. The number of carbonyl (C=O) groups is 1. The molecule has 4 nitrogen and oxygen atoms in total. The van der Waals surface area contributed by atoms with Gasteiger partial charge in [-0.05, 0) is 50.3 Å². The summed E-state index contributed by atoms with van der Waals surface area (Å²) in [6.45, 7) is 1.87. The molecule has 0 radical (unpaired) electrons. The Labute approximate surface area is 130 Å². The molecule has 4 atom stereocenters. The first kappa shape index (κ1) is 12.9. The van der Waals surface area contributed by atoms with Gasteiger partial charge in [0, 0.05) is 18.5 Å². The Balaban J connectivity index is 1.67. The van der Waals surface area contributed by atoms with Crippen LogP contribution in [0, 0.1) is 5.41 Å². The Morgan fingerprint density at radius 1 is 1.36 bits per heavy atom. The number of furan rings is 1. The zero-order chi connectivity index (χ0) is 14.7. The Kier molecular flexibility index (Phi) is 2.63. The summed E-state index contributed by atoms with van der Waals surface area (Å²) in [4.78, 5) is 15.5. The Hall–Kier alpha value is -1.55. The highest BCUT2D eigenvalue weighted by Crippen LogP contribution is 2.66. The highest BCUT2D eigenvalue weighted by molar-refractivity contribution is 5.88. The van der Waals surface area contributed by atoms with Gasteiger partial charge in [-0.1, -0.05) is 12.2 Å². The molecule has 4 aliphatic rings. The van der Waals surface area contributed by atoms with Gasteiger partial charge in [-0.15, -0.1) is 0 Å². The maximum absolute atomic E-state index is 13.0. The molecule has 1 aliphatic carbocycles. The minimum absolute atomic E-state index is 0.135. The number of allylic oxidation sites excluding steroid dienone is 1.